The smallest absolute Gasteiger partial charge is 0.236 e. The predicted octanol–water partition coefficient (Wildman–Crippen LogP) is 1.60. The van der Waals surface area contributed by atoms with Gasteiger partial charge in [0.25, 0.3) is 0 Å². The minimum atomic E-state index is -3.06. The van der Waals surface area contributed by atoms with Crippen molar-refractivity contribution in [1.29, 1.82) is 0 Å². The summed E-state index contributed by atoms with van der Waals surface area (Å²) in [5.41, 5.74) is 0. The summed E-state index contributed by atoms with van der Waals surface area (Å²) in [6.45, 7) is 0.864. The van der Waals surface area contributed by atoms with E-state index in [1.54, 1.807) is 23.3 Å². The van der Waals surface area contributed by atoms with E-state index in [1.165, 1.54) is 6.26 Å². The van der Waals surface area contributed by atoms with E-state index in [1.807, 2.05) is 29.5 Å². The van der Waals surface area contributed by atoms with E-state index in [-0.39, 0.29) is 23.7 Å². The zero-order chi connectivity index (χ0) is 16.3. The Morgan fingerprint density at radius 2 is 2.09 bits per heavy atom. The molecule has 0 saturated heterocycles. The molecule has 0 N–H and O–H groups in total. The molecule has 22 heavy (non-hydrogen) atoms. The molecule has 0 spiro atoms. The van der Waals surface area contributed by atoms with Crippen LogP contribution >= 0.6 is 11.3 Å². The van der Waals surface area contributed by atoms with Crippen LogP contribution in [0.1, 0.15) is 24.1 Å². The monoisotopic (exact) mass is 344 g/mol. The highest BCUT2D eigenvalue weighted by Gasteiger charge is 2.37. The molecule has 0 bridgehead atoms. The molecule has 1 aromatic heterocycles. The van der Waals surface area contributed by atoms with E-state index in [0.717, 1.165) is 17.7 Å². The van der Waals surface area contributed by atoms with Gasteiger partial charge in [-0.25, -0.2) is 8.42 Å². The van der Waals surface area contributed by atoms with Gasteiger partial charge in [-0.05, 0) is 31.3 Å². The average molecular weight is 345 g/mol. The molecule has 7 heteroatoms. The van der Waals surface area contributed by atoms with Crippen molar-refractivity contribution < 1.29 is 13.2 Å². The van der Waals surface area contributed by atoms with Gasteiger partial charge < -0.3 is 4.90 Å². The van der Waals surface area contributed by atoms with Gasteiger partial charge in [0.05, 0.1) is 18.3 Å². The number of rotatable bonds is 6. The molecular weight excluding hydrogens is 320 g/mol. The van der Waals surface area contributed by atoms with Gasteiger partial charge in [0.1, 0.15) is 0 Å². The lowest BCUT2D eigenvalue weighted by atomic mass is 10.2. The molecule has 2 rings (SSSR count). The number of amides is 1. The van der Waals surface area contributed by atoms with Crippen LogP contribution < -0.4 is 0 Å². The van der Waals surface area contributed by atoms with Gasteiger partial charge in [-0.1, -0.05) is 12.5 Å². The fourth-order valence-electron chi connectivity index (χ4n) is 3.09. The third-order valence-electron chi connectivity index (χ3n) is 4.32. The van der Waals surface area contributed by atoms with Crippen molar-refractivity contribution in [3.8, 4) is 0 Å². The molecule has 124 valence electrons. The molecule has 1 heterocycles. The second kappa shape index (κ2) is 7.10. The average Bonchev–Trinajstić information content (AvgIpc) is 3.08. The van der Waals surface area contributed by atoms with E-state index in [2.05, 4.69) is 0 Å². The highest BCUT2D eigenvalue weighted by Crippen LogP contribution is 2.28. The standard InChI is InChI=1S/C15H24N2O3S2/c1-16(13-7-4-8-14(13)22(3,19)20)11-15(18)17(2)10-12-6-5-9-21-12/h5-6,9,13-14H,4,7-8,10-11H2,1-3H3. The normalized spacial score (nSPS) is 22.2. The molecule has 0 aliphatic heterocycles. The summed E-state index contributed by atoms with van der Waals surface area (Å²) in [5.74, 6) is 0.0232. The van der Waals surface area contributed by atoms with Gasteiger partial charge in [0, 0.05) is 24.2 Å². The molecule has 0 aromatic carbocycles. The second-order valence-electron chi connectivity index (χ2n) is 6.11. The Kier molecular flexibility index (Phi) is 5.63. The molecular formula is C15H24N2O3S2. The van der Waals surface area contributed by atoms with Crippen LogP contribution in [0.2, 0.25) is 0 Å². The van der Waals surface area contributed by atoms with Gasteiger partial charge in [0.15, 0.2) is 9.84 Å². The molecule has 1 fully saturated rings. The Hall–Kier alpha value is -0.920. The lowest BCUT2D eigenvalue weighted by Gasteiger charge is -2.29. The van der Waals surface area contributed by atoms with E-state index in [0.29, 0.717) is 13.0 Å². The fourth-order valence-corrected chi connectivity index (χ4v) is 5.35. The Balaban J connectivity index is 1.93. The van der Waals surface area contributed by atoms with Crippen LogP contribution in [-0.2, 0) is 21.2 Å². The number of sulfone groups is 1. The van der Waals surface area contributed by atoms with Crippen molar-refractivity contribution in [2.75, 3.05) is 26.9 Å². The molecule has 1 aliphatic carbocycles. The third-order valence-corrected chi connectivity index (χ3v) is 6.83. The summed E-state index contributed by atoms with van der Waals surface area (Å²) in [4.78, 5) is 17.1. The predicted molar refractivity (Wildman–Crippen MR) is 89.7 cm³/mol. The molecule has 1 aromatic rings. The number of hydrogen-bond acceptors (Lipinski definition) is 5. The number of nitrogens with zero attached hydrogens (tertiary/aromatic N) is 2. The van der Waals surface area contributed by atoms with Crippen LogP contribution in [0.5, 0.6) is 0 Å². The fraction of sp³-hybridized carbons (Fsp3) is 0.667. The minimum absolute atomic E-state index is 0.0232. The molecule has 2 unspecified atom stereocenters. The number of carbonyl (C=O) groups excluding carboxylic acids is 1. The Bertz CT molecular complexity index is 598. The Labute approximate surface area is 136 Å². The van der Waals surface area contributed by atoms with Gasteiger partial charge in [0.2, 0.25) is 5.91 Å². The van der Waals surface area contributed by atoms with Crippen molar-refractivity contribution in [2.24, 2.45) is 0 Å². The minimum Gasteiger partial charge on any atom is -0.340 e. The summed E-state index contributed by atoms with van der Waals surface area (Å²) < 4.78 is 23.7. The van der Waals surface area contributed by atoms with Crippen LogP contribution in [0, 0.1) is 0 Å². The van der Waals surface area contributed by atoms with E-state index in [4.69, 9.17) is 0 Å². The second-order valence-corrected chi connectivity index (χ2v) is 9.41. The van der Waals surface area contributed by atoms with Crippen LogP contribution in [0.15, 0.2) is 17.5 Å². The maximum Gasteiger partial charge on any atom is 0.236 e. The summed E-state index contributed by atoms with van der Waals surface area (Å²) >= 11 is 1.63. The maximum atomic E-state index is 12.3. The van der Waals surface area contributed by atoms with Gasteiger partial charge in [-0.15, -0.1) is 11.3 Å². The summed E-state index contributed by atoms with van der Waals surface area (Å²) in [6.07, 6.45) is 3.75. The first-order valence-electron chi connectivity index (χ1n) is 7.44. The largest absolute Gasteiger partial charge is 0.340 e. The summed E-state index contributed by atoms with van der Waals surface area (Å²) in [6, 6.07) is 3.93. The number of hydrogen-bond donors (Lipinski definition) is 0. The van der Waals surface area contributed by atoms with Crippen molar-refractivity contribution in [3.63, 3.8) is 0 Å². The molecule has 2 atom stereocenters. The van der Waals surface area contributed by atoms with Crippen molar-refractivity contribution in [1.82, 2.24) is 9.80 Å². The SMILES string of the molecule is CN(Cc1cccs1)C(=O)CN(C)C1CCCC1S(C)(=O)=O. The van der Waals surface area contributed by atoms with Crippen LogP contribution in [0.25, 0.3) is 0 Å². The zero-order valence-electron chi connectivity index (χ0n) is 13.4. The highest BCUT2D eigenvalue weighted by molar-refractivity contribution is 7.91. The van der Waals surface area contributed by atoms with Crippen molar-refractivity contribution >= 4 is 27.1 Å². The third kappa shape index (κ3) is 4.30. The molecule has 1 saturated carbocycles. The number of thiophene rings is 1. The molecule has 0 radical (unpaired) electrons. The van der Waals surface area contributed by atoms with Crippen LogP contribution in [0.4, 0.5) is 0 Å². The van der Waals surface area contributed by atoms with Crippen molar-refractivity contribution in [2.45, 2.75) is 37.1 Å². The molecule has 1 amide bonds. The molecule has 1 aliphatic rings. The lowest BCUT2D eigenvalue weighted by Crippen LogP contribution is -2.46. The first-order chi connectivity index (χ1) is 10.3. The van der Waals surface area contributed by atoms with Crippen LogP contribution in [-0.4, -0.2) is 62.3 Å². The Morgan fingerprint density at radius 3 is 2.68 bits per heavy atom. The zero-order valence-corrected chi connectivity index (χ0v) is 15.0. The van der Waals surface area contributed by atoms with E-state index < -0.39 is 9.84 Å². The van der Waals surface area contributed by atoms with Crippen molar-refractivity contribution in [3.05, 3.63) is 22.4 Å². The van der Waals surface area contributed by atoms with Crippen LogP contribution in [0.3, 0.4) is 0 Å². The number of carbonyl (C=O) groups is 1. The van der Waals surface area contributed by atoms with Gasteiger partial charge in [-0.3, -0.25) is 9.69 Å². The first kappa shape index (κ1) is 17.4. The topological polar surface area (TPSA) is 57.7 Å². The van der Waals surface area contributed by atoms with Gasteiger partial charge in [-0.2, -0.15) is 0 Å². The lowest BCUT2D eigenvalue weighted by molar-refractivity contribution is -0.131. The quantitative estimate of drug-likeness (QED) is 0.787. The van der Waals surface area contributed by atoms with E-state index in [9.17, 15) is 13.2 Å². The summed E-state index contributed by atoms with van der Waals surface area (Å²) in [7, 11) is 0.584. The summed E-state index contributed by atoms with van der Waals surface area (Å²) in [5, 5.41) is 1.66. The van der Waals surface area contributed by atoms with E-state index >= 15 is 0 Å². The number of likely N-dealkylation sites (N-methyl/N-ethyl adjacent to an activating group) is 2. The first-order valence-corrected chi connectivity index (χ1v) is 10.3. The van der Waals surface area contributed by atoms with Gasteiger partial charge >= 0.3 is 0 Å². The molecule has 5 nitrogen and oxygen atoms in total. The Morgan fingerprint density at radius 1 is 1.36 bits per heavy atom. The maximum absolute atomic E-state index is 12.3. The highest BCUT2D eigenvalue weighted by atomic mass is 32.2.